The zero-order valence-corrected chi connectivity index (χ0v) is 15.9. The summed E-state index contributed by atoms with van der Waals surface area (Å²) in [6.07, 6.45) is 10.1. The van der Waals surface area contributed by atoms with Crippen molar-refractivity contribution >= 4 is 40.8 Å². The molecular formula is C16H19N3O2S3. The summed E-state index contributed by atoms with van der Waals surface area (Å²) in [5.74, 6) is 1.26. The molecule has 1 amide bonds. The topological polar surface area (TPSA) is 59.2 Å². The Morgan fingerprint density at radius 2 is 2.25 bits per heavy atom. The fraction of sp³-hybridized carbons (Fsp3) is 0.438. The fourth-order valence-electron chi connectivity index (χ4n) is 2.51. The Kier molecular flexibility index (Phi) is 6.39. The Morgan fingerprint density at radius 1 is 1.38 bits per heavy atom. The van der Waals surface area contributed by atoms with Crippen LogP contribution in [0.5, 0.6) is 0 Å². The van der Waals surface area contributed by atoms with Crippen molar-refractivity contribution in [3.05, 3.63) is 35.9 Å². The Balaban J connectivity index is 1.66. The number of aromatic nitrogens is 2. The maximum Gasteiger partial charge on any atom is 0.237 e. The number of amides is 1. The summed E-state index contributed by atoms with van der Waals surface area (Å²) in [6.45, 7) is 0.490. The van der Waals surface area contributed by atoms with Gasteiger partial charge in [0.05, 0.1) is 18.6 Å². The van der Waals surface area contributed by atoms with Gasteiger partial charge >= 0.3 is 0 Å². The molecule has 0 N–H and O–H groups in total. The van der Waals surface area contributed by atoms with Crippen molar-refractivity contribution in [2.75, 3.05) is 12.0 Å². The maximum absolute atomic E-state index is 12.8. The van der Waals surface area contributed by atoms with Crippen LogP contribution in [0.3, 0.4) is 0 Å². The number of carbonyl (C=O) groups excluding carboxylic acids is 1. The van der Waals surface area contributed by atoms with Gasteiger partial charge in [0.2, 0.25) is 5.91 Å². The third kappa shape index (κ3) is 4.64. The minimum atomic E-state index is 0.0884. The van der Waals surface area contributed by atoms with Crippen LogP contribution in [0, 0.1) is 0 Å². The molecule has 5 nitrogen and oxygen atoms in total. The van der Waals surface area contributed by atoms with Gasteiger partial charge in [-0.3, -0.25) is 4.79 Å². The lowest BCUT2D eigenvalue weighted by molar-refractivity contribution is -0.127. The lowest BCUT2D eigenvalue weighted by Gasteiger charge is -2.26. The predicted molar refractivity (Wildman–Crippen MR) is 98.2 cm³/mol. The summed E-state index contributed by atoms with van der Waals surface area (Å²) in [6, 6.07) is 3.76. The highest BCUT2D eigenvalue weighted by Gasteiger charge is 2.21. The SMILES string of the molecule is CSc1nnc(SCC(=O)N(Cc2ccco2)C2=CCCCC2)s1. The highest BCUT2D eigenvalue weighted by molar-refractivity contribution is 8.03. The summed E-state index contributed by atoms with van der Waals surface area (Å²) >= 11 is 4.55. The Hall–Kier alpha value is -1.25. The van der Waals surface area contributed by atoms with Crippen LogP contribution in [0.25, 0.3) is 0 Å². The van der Waals surface area contributed by atoms with Crippen LogP contribution in [0.4, 0.5) is 0 Å². The van der Waals surface area contributed by atoms with Gasteiger partial charge in [0.25, 0.3) is 0 Å². The second-order valence-corrected chi connectivity index (χ2v) is 8.58. The molecule has 0 saturated heterocycles. The lowest BCUT2D eigenvalue weighted by atomic mass is 10.0. The van der Waals surface area contributed by atoms with Crippen molar-refractivity contribution in [3.8, 4) is 0 Å². The second-order valence-electron chi connectivity index (χ2n) is 5.33. The van der Waals surface area contributed by atoms with Crippen molar-refractivity contribution < 1.29 is 9.21 Å². The van der Waals surface area contributed by atoms with E-state index in [9.17, 15) is 4.79 Å². The third-order valence-electron chi connectivity index (χ3n) is 3.69. The molecule has 2 aromatic rings. The summed E-state index contributed by atoms with van der Waals surface area (Å²) < 4.78 is 7.19. The number of nitrogens with zero attached hydrogens (tertiary/aromatic N) is 3. The van der Waals surface area contributed by atoms with Gasteiger partial charge in [-0.2, -0.15) is 0 Å². The average molecular weight is 382 g/mol. The van der Waals surface area contributed by atoms with Crippen LogP contribution in [-0.2, 0) is 11.3 Å². The van der Waals surface area contributed by atoms with E-state index in [4.69, 9.17) is 4.42 Å². The first kappa shape index (κ1) is 17.6. The maximum atomic E-state index is 12.8. The predicted octanol–water partition coefficient (Wildman–Crippen LogP) is 4.43. The zero-order valence-electron chi connectivity index (χ0n) is 13.4. The van der Waals surface area contributed by atoms with E-state index in [2.05, 4.69) is 16.3 Å². The first-order chi connectivity index (χ1) is 11.8. The molecule has 128 valence electrons. The molecule has 0 aliphatic heterocycles. The van der Waals surface area contributed by atoms with E-state index in [-0.39, 0.29) is 5.91 Å². The number of furan rings is 1. The molecule has 0 bridgehead atoms. The van der Waals surface area contributed by atoms with E-state index in [1.165, 1.54) is 29.5 Å². The Morgan fingerprint density at radius 3 is 2.92 bits per heavy atom. The molecule has 3 rings (SSSR count). The Labute approximate surface area is 153 Å². The van der Waals surface area contributed by atoms with Gasteiger partial charge in [-0.05, 0) is 44.1 Å². The van der Waals surface area contributed by atoms with Crippen molar-refractivity contribution in [1.29, 1.82) is 0 Å². The zero-order chi connectivity index (χ0) is 16.8. The van der Waals surface area contributed by atoms with Crippen LogP contribution in [0.15, 0.2) is 43.3 Å². The monoisotopic (exact) mass is 381 g/mol. The van der Waals surface area contributed by atoms with Crippen LogP contribution in [0.1, 0.15) is 31.4 Å². The minimum Gasteiger partial charge on any atom is -0.467 e. The van der Waals surface area contributed by atoms with Gasteiger partial charge in [-0.15, -0.1) is 10.2 Å². The van der Waals surface area contributed by atoms with Crippen LogP contribution < -0.4 is 0 Å². The number of thioether (sulfide) groups is 2. The molecule has 24 heavy (non-hydrogen) atoms. The van der Waals surface area contributed by atoms with Crippen LogP contribution in [-0.4, -0.2) is 33.0 Å². The number of hydrogen-bond acceptors (Lipinski definition) is 7. The molecule has 2 aromatic heterocycles. The van der Waals surface area contributed by atoms with Crippen molar-refractivity contribution in [2.45, 2.75) is 40.9 Å². The summed E-state index contributed by atoms with van der Waals surface area (Å²) in [4.78, 5) is 14.7. The second kappa shape index (κ2) is 8.73. The number of hydrogen-bond donors (Lipinski definition) is 0. The molecule has 0 fully saturated rings. The van der Waals surface area contributed by atoms with E-state index in [1.807, 2.05) is 23.3 Å². The van der Waals surface area contributed by atoms with E-state index >= 15 is 0 Å². The van der Waals surface area contributed by atoms with Gasteiger partial charge in [0.15, 0.2) is 8.68 Å². The van der Waals surface area contributed by atoms with Crippen LogP contribution in [0.2, 0.25) is 0 Å². The molecule has 0 spiro atoms. The lowest BCUT2D eigenvalue weighted by Crippen LogP contribution is -2.32. The summed E-state index contributed by atoms with van der Waals surface area (Å²) in [5, 5.41) is 8.18. The van der Waals surface area contributed by atoms with E-state index in [0.29, 0.717) is 12.3 Å². The molecule has 0 radical (unpaired) electrons. The molecule has 8 heteroatoms. The molecule has 1 aliphatic rings. The Bertz CT molecular complexity index is 697. The largest absolute Gasteiger partial charge is 0.467 e. The van der Waals surface area contributed by atoms with E-state index in [1.54, 1.807) is 18.0 Å². The van der Waals surface area contributed by atoms with E-state index in [0.717, 1.165) is 39.4 Å². The molecule has 1 aliphatic carbocycles. The highest BCUT2D eigenvalue weighted by atomic mass is 32.2. The molecular weight excluding hydrogens is 362 g/mol. The molecule has 2 heterocycles. The summed E-state index contributed by atoms with van der Waals surface area (Å²) in [5.41, 5.74) is 1.12. The smallest absolute Gasteiger partial charge is 0.237 e. The first-order valence-corrected chi connectivity index (χ1v) is 10.8. The van der Waals surface area contributed by atoms with Gasteiger partial charge in [-0.1, -0.05) is 40.9 Å². The summed E-state index contributed by atoms with van der Waals surface area (Å²) in [7, 11) is 0. The normalized spacial score (nSPS) is 14.5. The van der Waals surface area contributed by atoms with Crippen molar-refractivity contribution in [2.24, 2.45) is 0 Å². The van der Waals surface area contributed by atoms with Gasteiger partial charge in [-0.25, -0.2) is 0 Å². The van der Waals surface area contributed by atoms with Gasteiger partial charge in [0.1, 0.15) is 5.76 Å². The minimum absolute atomic E-state index is 0.0884. The highest BCUT2D eigenvalue weighted by Crippen LogP contribution is 2.29. The fourth-order valence-corrected chi connectivity index (χ4v) is 4.83. The average Bonchev–Trinajstić information content (AvgIpc) is 3.30. The van der Waals surface area contributed by atoms with Crippen molar-refractivity contribution in [3.63, 3.8) is 0 Å². The quantitative estimate of drug-likeness (QED) is 0.661. The molecule has 0 unspecified atom stereocenters. The molecule has 0 aromatic carbocycles. The van der Waals surface area contributed by atoms with E-state index < -0.39 is 0 Å². The van der Waals surface area contributed by atoms with Gasteiger partial charge < -0.3 is 9.32 Å². The van der Waals surface area contributed by atoms with Crippen LogP contribution >= 0.6 is 34.9 Å². The first-order valence-electron chi connectivity index (χ1n) is 7.78. The standard InChI is InChI=1S/C16H19N3O2S3/c1-22-15-17-18-16(24-15)23-11-14(20)19(10-13-8-5-9-21-13)12-6-3-2-4-7-12/h5-6,8-9H,2-4,7,10-11H2,1H3. The number of carbonyl (C=O) groups is 1. The molecule has 0 saturated carbocycles. The number of rotatable bonds is 7. The number of allylic oxidation sites excluding steroid dienone is 2. The molecule has 0 atom stereocenters. The van der Waals surface area contributed by atoms with Crippen molar-refractivity contribution in [1.82, 2.24) is 15.1 Å². The third-order valence-corrected chi connectivity index (χ3v) is 6.71. The van der Waals surface area contributed by atoms with Gasteiger partial charge in [0, 0.05) is 5.70 Å².